The zero-order valence-electron chi connectivity index (χ0n) is 11.2. The number of halogens is 1. The summed E-state index contributed by atoms with van der Waals surface area (Å²) in [6.45, 7) is 2.70. The fourth-order valence-electron chi connectivity index (χ4n) is 2.65. The Labute approximate surface area is 119 Å². The minimum absolute atomic E-state index is 0.104. The van der Waals surface area contributed by atoms with Crippen molar-refractivity contribution >= 4 is 17.5 Å². The Balaban J connectivity index is 2.05. The maximum Gasteiger partial charge on any atom is 0.227 e. The molecule has 2 atom stereocenters. The average Bonchev–Trinajstić information content (AvgIpc) is 2.41. The second-order valence-corrected chi connectivity index (χ2v) is 5.50. The van der Waals surface area contributed by atoms with Crippen LogP contribution in [0.2, 0.25) is 5.02 Å². The van der Waals surface area contributed by atoms with Crippen LogP contribution in [0.25, 0.3) is 0 Å². The number of aliphatic hydroxyl groups is 1. The lowest BCUT2D eigenvalue weighted by molar-refractivity contribution is -0.135. The summed E-state index contributed by atoms with van der Waals surface area (Å²) in [4.78, 5) is 14.3. The summed E-state index contributed by atoms with van der Waals surface area (Å²) < 4.78 is 0. The number of hydrogen-bond acceptors (Lipinski definition) is 2. The number of amides is 1. The lowest BCUT2D eigenvalue weighted by Gasteiger charge is -2.37. The summed E-state index contributed by atoms with van der Waals surface area (Å²) in [6.07, 6.45) is 2.31. The third-order valence-corrected chi connectivity index (χ3v) is 4.15. The SMILES string of the molecule is CC[C@H]1C[C@@H](O)CCN1C(=O)Cc1ccccc1Cl. The normalized spacial score (nSPS) is 23.4. The zero-order valence-corrected chi connectivity index (χ0v) is 11.9. The maximum atomic E-state index is 12.4. The van der Waals surface area contributed by atoms with Crippen molar-refractivity contribution in [1.29, 1.82) is 0 Å². The van der Waals surface area contributed by atoms with Crippen molar-refractivity contribution < 1.29 is 9.90 Å². The first kappa shape index (κ1) is 14.4. The molecule has 1 amide bonds. The molecule has 1 aromatic carbocycles. The van der Waals surface area contributed by atoms with Gasteiger partial charge in [-0.25, -0.2) is 0 Å². The molecule has 1 saturated heterocycles. The van der Waals surface area contributed by atoms with Crippen molar-refractivity contribution in [2.24, 2.45) is 0 Å². The molecular formula is C15H20ClNO2. The Hall–Kier alpha value is -1.06. The van der Waals surface area contributed by atoms with Gasteiger partial charge in [0.1, 0.15) is 0 Å². The predicted molar refractivity (Wildman–Crippen MR) is 76.2 cm³/mol. The second-order valence-electron chi connectivity index (χ2n) is 5.10. The Morgan fingerprint density at radius 1 is 1.47 bits per heavy atom. The highest BCUT2D eigenvalue weighted by Crippen LogP contribution is 2.22. The Bertz CT molecular complexity index is 450. The highest BCUT2D eigenvalue weighted by atomic mass is 35.5. The third kappa shape index (κ3) is 3.48. The van der Waals surface area contributed by atoms with Gasteiger partial charge in [0.05, 0.1) is 12.5 Å². The van der Waals surface area contributed by atoms with E-state index in [0.717, 1.165) is 12.0 Å². The Morgan fingerprint density at radius 2 is 2.21 bits per heavy atom. The smallest absolute Gasteiger partial charge is 0.227 e. The van der Waals surface area contributed by atoms with Crippen LogP contribution in [0.15, 0.2) is 24.3 Å². The number of rotatable bonds is 3. The minimum atomic E-state index is -0.269. The van der Waals surface area contributed by atoms with Gasteiger partial charge in [-0.15, -0.1) is 0 Å². The fraction of sp³-hybridized carbons (Fsp3) is 0.533. The molecule has 1 heterocycles. The Morgan fingerprint density at radius 3 is 2.89 bits per heavy atom. The fourth-order valence-corrected chi connectivity index (χ4v) is 2.85. The number of carbonyl (C=O) groups is 1. The average molecular weight is 282 g/mol. The molecule has 19 heavy (non-hydrogen) atoms. The van der Waals surface area contributed by atoms with Crippen LogP contribution in [0.4, 0.5) is 0 Å². The van der Waals surface area contributed by atoms with Gasteiger partial charge < -0.3 is 10.0 Å². The van der Waals surface area contributed by atoms with E-state index in [1.54, 1.807) is 6.07 Å². The van der Waals surface area contributed by atoms with Crippen LogP contribution >= 0.6 is 11.6 Å². The summed E-state index contributed by atoms with van der Waals surface area (Å²) in [5.41, 5.74) is 0.871. The van der Waals surface area contributed by atoms with Crippen molar-refractivity contribution in [3.63, 3.8) is 0 Å². The van der Waals surface area contributed by atoms with E-state index in [9.17, 15) is 9.90 Å². The molecule has 1 aliphatic heterocycles. The molecule has 0 aromatic heterocycles. The van der Waals surface area contributed by atoms with E-state index in [-0.39, 0.29) is 18.1 Å². The van der Waals surface area contributed by atoms with Gasteiger partial charge in [-0.2, -0.15) is 0 Å². The van der Waals surface area contributed by atoms with Gasteiger partial charge in [-0.1, -0.05) is 36.7 Å². The molecular weight excluding hydrogens is 262 g/mol. The van der Waals surface area contributed by atoms with E-state index in [1.807, 2.05) is 23.1 Å². The lowest BCUT2D eigenvalue weighted by atomic mass is 9.96. The molecule has 104 valence electrons. The summed E-state index contributed by atoms with van der Waals surface area (Å²) >= 11 is 6.09. The standard InChI is InChI=1S/C15H20ClNO2/c1-2-12-10-13(18)7-8-17(12)15(19)9-11-5-3-4-6-14(11)16/h3-6,12-13,18H,2,7-10H2,1H3/t12-,13-/m0/s1. The van der Waals surface area contributed by atoms with Gasteiger partial charge in [0.25, 0.3) is 0 Å². The molecule has 1 aliphatic rings. The molecule has 1 N–H and O–H groups in total. The number of hydrogen-bond donors (Lipinski definition) is 1. The van der Waals surface area contributed by atoms with Gasteiger partial charge in [0.15, 0.2) is 0 Å². The monoisotopic (exact) mass is 281 g/mol. The molecule has 3 nitrogen and oxygen atoms in total. The van der Waals surface area contributed by atoms with Gasteiger partial charge in [0.2, 0.25) is 5.91 Å². The predicted octanol–water partition coefficient (Wildman–Crippen LogP) is 2.64. The highest BCUT2D eigenvalue weighted by Gasteiger charge is 2.29. The summed E-state index contributed by atoms with van der Waals surface area (Å²) in [7, 11) is 0. The molecule has 0 unspecified atom stereocenters. The number of nitrogens with zero attached hydrogens (tertiary/aromatic N) is 1. The number of carbonyl (C=O) groups excluding carboxylic acids is 1. The first-order valence-corrected chi connectivity index (χ1v) is 7.20. The minimum Gasteiger partial charge on any atom is -0.393 e. The van der Waals surface area contributed by atoms with Crippen molar-refractivity contribution in [2.45, 2.75) is 44.8 Å². The zero-order chi connectivity index (χ0) is 13.8. The van der Waals surface area contributed by atoms with Crippen LogP contribution in [-0.4, -0.2) is 34.6 Å². The van der Waals surface area contributed by atoms with Crippen LogP contribution in [-0.2, 0) is 11.2 Å². The molecule has 2 rings (SSSR count). The molecule has 4 heteroatoms. The molecule has 0 spiro atoms. The second kappa shape index (κ2) is 6.40. The van der Waals surface area contributed by atoms with Crippen LogP contribution in [0.5, 0.6) is 0 Å². The van der Waals surface area contributed by atoms with Crippen LogP contribution in [0.3, 0.4) is 0 Å². The number of likely N-dealkylation sites (tertiary alicyclic amines) is 1. The quantitative estimate of drug-likeness (QED) is 0.925. The highest BCUT2D eigenvalue weighted by molar-refractivity contribution is 6.31. The van der Waals surface area contributed by atoms with E-state index in [0.29, 0.717) is 30.8 Å². The van der Waals surface area contributed by atoms with E-state index in [4.69, 9.17) is 11.6 Å². The first-order valence-electron chi connectivity index (χ1n) is 6.82. The van der Waals surface area contributed by atoms with Crippen LogP contribution in [0, 0.1) is 0 Å². The largest absolute Gasteiger partial charge is 0.393 e. The number of piperidine rings is 1. The number of benzene rings is 1. The van der Waals surface area contributed by atoms with Crippen LogP contribution < -0.4 is 0 Å². The summed E-state index contributed by atoms with van der Waals surface area (Å²) in [6, 6.07) is 7.61. The molecule has 0 saturated carbocycles. The molecule has 0 radical (unpaired) electrons. The van der Waals surface area contributed by atoms with E-state index >= 15 is 0 Å². The van der Waals surface area contributed by atoms with Gasteiger partial charge in [0, 0.05) is 17.6 Å². The lowest BCUT2D eigenvalue weighted by Crippen LogP contribution is -2.47. The topological polar surface area (TPSA) is 40.5 Å². The molecule has 1 fully saturated rings. The molecule has 0 bridgehead atoms. The van der Waals surface area contributed by atoms with Gasteiger partial charge in [-0.05, 0) is 30.9 Å². The summed E-state index contributed by atoms with van der Waals surface area (Å²) in [5.74, 6) is 0.104. The van der Waals surface area contributed by atoms with Crippen LogP contribution in [0.1, 0.15) is 31.7 Å². The molecule has 1 aromatic rings. The number of aliphatic hydroxyl groups excluding tert-OH is 1. The van der Waals surface area contributed by atoms with Crippen molar-refractivity contribution in [1.82, 2.24) is 4.90 Å². The van der Waals surface area contributed by atoms with E-state index < -0.39 is 0 Å². The van der Waals surface area contributed by atoms with Crippen molar-refractivity contribution in [2.75, 3.05) is 6.54 Å². The van der Waals surface area contributed by atoms with Crippen molar-refractivity contribution in [3.05, 3.63) is 34.9 Å². The molecule has 0 aliphatic carbocycles. The third-order valence-electron chi connectivity index (χ3n) is 3.78. The van der Waals surface area contributed by atoms with E-state index in [1.165, 1.54) is 0 Å². The van der Waals surface area contributed by atoms with Crippen molar-refractivity contribution in [3.8, 4) is 0 Å². The van der Waals surface area contributed by atoms with E-state index in [2.05, 4.69) is 6.92 Å². The van der Waals surface area contributed by atoms with Gasteiger partial charge >= 0.3 is 0 Å². The van der Waals surface area contributed by atoms with Gasteiger partial charge in [-0.3, -0.25) is 4.79 Å². The summed E-state index contributed by atoms with van der Waals surface area (Å²) in [5, 5.41) is 10.3. The maximum absolute atomic E-state index is 12.4. The Kier molecular flexibility index (Phi) is 4.83. The first-order chi connectivity index (χ1) is 9.11.